The molecular weight excluding hydrogens is 154 g/mol. The lowest BCUT2D eigenvalue weighted by Crippen LogP contribution is -2.05. The zero-order chi connectivity index (χ0) is 9.40. The first-order valence-electron chi connectivity index (χ1n) is 4.14. The Morgan fingerprint density at radius 3 is 2.58 bits per heavy atom. The first-order valence-corrected chi connectivity index (χ1v) is 4.14. The second kappa shape index (κ2) is 6.73. The number of hydrogen-bond donors (Lipinski definition) is 3. The third-order valence-electron chi connectivity index (χ3n) is 1.47. The molecule has 0 heterocycles. The van der Waals surface area contributed by atoms with Gasteiger partial charge in [0, 0.05) is 6.42 Å². The van der Waals surface area contributed by atoms with Crippen LogP contribution in [0.4, 0.5) is 0 Å². The van der Waals surface area contributed by atoms with Gasteiger partial charge < -0.3 is 15.5 Å². The molecule has 0 aromatic carbocycles. The molecular formula is C9H17NO2. The normalized spacial score (nSPS) is 13.5. The molecule has 0 amide bonds. The van der Waals surface area contributed by atoms with Crippen LogP contribution >= 0.6 is 0 Å². The predicted octanol–water partition coefficient (Wildman–Crippen LogP) is 1.89. The predicted molar refractivity (Wildman–Crippen MR) is 50.3 cm³/mol. The average molecular weight is 171 g/mol. The Bertz CT molecular complexity index is 173. The summed E-state index contributed by atoms with van der Waals surface area (Å²) in [5, 5.41) is 21.2. The quantitative estimate of drug-likeness (QED) is 0.336. The molecule has 0 aromatic rings. The van der Waals surface area contributed by atoms with Crippen molar-refractivity contribution in [3.05, 3.63) is 23.7 Å². The van der Waals surface area contributed by atoms with E-state index in [2.05, 4.69) is 5.32 Å². The largest absolute Gasteiger partial charge is 0.508 e. The molecule has 0 aromatic heterocycles. The molecule has 70 valence electrons. The highest BCUT2D eigenvalue weighted by molar-refractivity contribution is 5.13. The van der Waals surface area contributed by atoms with Gasteiger partial charge in [-0.05, 0) is 26.1 Å². The second-order valence-electron chi connectivity index (χ2n) is 2.48. The fourth-order valence-electron chi connectivity index (χ4n) is 0.700. The Balaban J connectivity index is 3.82. The maximum absolute atomic E-state index is 9.14. The zero-order valence-corrected chi connectivity index (χ0v) is 7.67. The molecule has 0 fully saturated rings. The molecule has 0 spiro atoms. The van der Waals surface area contributed by atoms with Crippen LogP contribution in [0.1, 0.15) is 19.8 Å². The highest BCUT2D eigenvalue weighted by atomic mass is 16.3. The van der Waals surface area contributed by atoms with Gasteiger partial charge in [-0.3, -0.25) is 0 Å². The van der Waals surface area contributed by atoms with Gasteiger partial charge in [-0.2, -0.15) is 0 Å². The van der Waals surface area contributed by atoms with Gasteiger partial charge in [0.1, 0.15) is 5.76 Å². The Morgan fingerprint density at radius 1 is 1.42 bits per heavy atom. The van der Waals surface area contributed by atoms with Gasteiger partial charge in [0.05, 0.1) is 0 Å². The van der Waals surface area contributed by atoms with Gasteiger partial charge in [0.15, 0.2) is 5.76 Å². The molecule has 0 atom stereocenters. The summed E-state index contributed by atoms with van der Waals surface area (Å²) in [6, 6.07) is 0. The van der Waals surface area contributed by atoms with Crippen molar-refractivity contribution < 1.29 is 10.2 Å². The molecule has 0 saturated heterocycles. The highest BCUT2D eigenvalue weighted by Crippen LogP contribution is 2.03. The van der Waals surface area contributed by atoms with Crippen molar-refractivity contribution in [3.63, 3.8) is 0 Å². The van der Waals surface area contributed by atoms with Crippen molar-refractivity contribution in [3.8, 4) is 0 Å². The molecule has 0 bridgehead atoms. The van der Waals surface area contributed by atoms with Crippen LogP contribution in [0.15, 0.2) is 23.7 Å². The van der Waals surface area contributed by atoms with E-state index in [1.165, 1.54) is 6.08 Å². The summed E-state index contributed by atoms with van der Waals surface area (Å²) in [7, 11) is 1.87. The van der Waals surface area contributed by atoms with Gasteiger partial charge >= 0.3 is 0 Å². The molecule has 0 saturated carbocycles. The van der Waals surface area contributed by atoms with Crippen LogP contribution in [0.3, 0.4) is 0 Å². The van der Waals surface area contributed by atoms with Gasteiger partial charge in [0.25, 0.3) is 0 Å². The van der Waals surface area contributed by atoms with Crippen molar-refractivity contribution in [2.75, 3.05) is 13.6 Å². The van der Waals surface area contributed by atoms with Crippen LogP contribution < -0.4 is 5.32 Å². The van der Waals surface area contributed by atoms with Crippen molar-refractivity contribution in [1.82, 2.24) is 5.32 Å². The smallest absolute Gasteiger partial charge is 0.152 e. The van der Waals surface area contributed by atoms with E-state index in [4.69, 9.17) is 10.2 Å². The van der Waals surface area contributed by atoms with Gasteiger partial charge in [-0.15, -0.1) is 0 Å². The van der Waals surface area contributed by atoms with Crippen molar-refractivity contribution in [2.24, 2.45) is 0 Å². The Labute approximate surface area is 73.4 Å². The van der Waals surface area contributed by atoms with E-state index < -0.39 is 0 Å². The maximum Gasteiger partial charge on any atom is 0.152 e. The number of aliphatic hydroxyl groups excluding tert-OH is 2. The van der Waals surface area contributed by atoms with Crippen LogP contribution in [0, 0.1) is 0 Å². The first-order chi connectivity index (χ1) is 5.72. The van der Waals surface area contributed by atoms with E-state index in [-0.39, 0.29) is 11.5 Å². The third-order valence-corrected chi connectivity index (χ3v) is 1.47. The van der Waals surface area contributed by atoms with E-state index >= 15 is 0 Å². The van der Waals surface area contributed by atoms with E-state index in [1.807, 2.05) is 13.1 Å². The van der Waals surface area contributed by atoms with Crippen LogP contribution in [0.5, 0.6) is 0 Å². The Kier molecular flexibility index (Phi) is 6.19. The minimum atomic E-state index is -0.0337. The van der Waals surface area contributed by atoms with Crippen LogP contribution in [-0.4, -0.2) is 23.8 Å². The lowest BCUT2D eigenvalue weighted by molar-refractivity contribution is 0.327. The highest BCUT2D eigenvalue weighted by Gasteiger charge is 1.94. The molecule has 0 aliphatic heterocycles. The minimum Gasteiger partial charge on any atom is -0.508 e. The summed E-state index contributed by atoms with van der Waals surface area (Å²) in [6.07, 6.45) is 4.65. The number of hydrogen-bond acceptors (Lipinski definition) is 3. The molecule has 0 aliphatic carbocycles. The molecule has 3 N–H and O–H groups in total. The zero-order valence-electron chi connectivity index (χ0n) is 7.67. The molecule has 3 heteroatoms. The van der Waals surface area contributed by atoms with E-state index in [9.17, 15) is 0 Å². The van der Waals surface area contributed by atoms with Crippen LogP contribution in [0.2, 0.25) is 0 Å². The summed E-state index contributed by atoms with van der Waals surface area (Å²) in [4.78, 5) is 0. The molecule has 12 heavy (non-hydrogen) atoms. The Hall–Kier alpha value is -0.960. The van der Waals surface area contributed by atoms with E-state index in [0.717, 1.165) is 13.0 Å². The first kappa shape index (κ1) is 11.0. The Morgan fingerprint density at radius 2 is 2.08 bits per heavy atom. The summed E-state index contributed by atoms with van der Waals surface area (Å²) >= 11 is 0. The van der Waals surface area contributed by atoms with Crippen LogP contribution in [-0.2, 0) is 0 Å². The number of rotatable bonds is 5. The van der Waals surface area contributed by atoms with Crippen molar-refractivity contribution in [2.45, 2.75) is 19.8 Å². The fourth-order valence-corrected chi connectivity index (χ4v) is 0.700. The maximum atomic E-state index is 9.14. The lowest BCUT2D eigenvalue weighted by atomic mass is 10.3. The van der Waals surface area contributed by atoms with Crippen molar-refractivity contribution in [1.29, 1.82) is 0 Å². The summed E-state index contributed by atoms with van der Waals surface area (Å²) in [5.41, 5.74) is 0. The number of aliphatic hydroxyl groups is 2. The molecule has 3 nitrogen and oxygen atoms in total. The standard InChI is InChI=1S/C9H17NO2/c1-3-8(11)9(12)6-4-5-7-10-2/h4,6,10-12H,3,5,7H2,1-2H3/b6-4-,9-8-. The number of nitrogens with one attached hydrogen (secondary N) is 1. The summed E-state index contributed by atoms with van der Waals surface area (Å²) < 4.78 is 0. The molecule has 0 unspecified atom stereocenters. The lowest BCUT2D eigenvalue weighted by Gasteiger charge is -1.96. The van der Waals surface area contributed by atoms with Gasteiger partial charge in [-0.1, -0.05) is 13.0 Å². The topological polar surface area (TPSA) is 52.5 Å². The van der Waals surface area contributed by atoms with Gasteiger partial charge in [0.2, 0.25) is 0 Å². The van der Waals surface area contributed by atoms with E-state index in [1.54, 1.807) is 6.92 Å². The van der Waals surface area contributed by atoms with Gasteiger partial charge in [-0.25, -0.2) is 0 Å². The van der Waals surface area contributed by atoms with Crippen molar-refractivity contribution >= 4 is 0 Å². The average Bonchev–Trinajstić information content (AvgIpc) is 2.10. The monoisotopic (exact) mass is 171 g/mol. The SMILES string of the molecule is CC/C(O)=C(O)\C=C/CCNC. The molecule has 0 radical (unpaired) electrons. The second-order valence-corrected chi connectivity index (χ2v) is 2.48. The summed E-state index contributed by atoms with van der Waals surface area (Å²) in [5.74, 6) is 0.00399. The summed E-state index contributed by atoms with van der Waals surface area (Å²) in [6.45, 7) is 2.66. The molecule has 0 rings (SSSR count). The minimum absolute atomic E-state index is 0.0337. The molecule has 0 aliphatic rings. The third kappa shape index (κ3) is 4.79. The van der Waals surface area contributed by atoms with Crippen LogP contribution in [0.25, 0.3) is 0 Å². The number of allylic oxidation sites excluding steroid dienone is 2. The fraction of sp³-hybridized carbons (Fsp3) is 0.556. The van der Waals surface area contributed by atoms with E-state index in [0.29, 0.717) is 6.42 Å².